The quantitative estimate of drug-likeness (QED) is 0.492. The normalized spacial score (nSPS) is 17.1. The van der Waals surface area contributed by atoms with Crippen molar-refractivity contribution in [1.29, 1.82) is 0 Å². The van der Waals surface area contributed by atoms with Gasteiger partial charge in [0, 0.05) is 6.42 Å². The minimum Gasteiger partial charge on any atom is -0.394 e. The largest absolute Gasteiger partial charge is 0.394 e. The maximum atomic E-state index is 9.60. The van der Waals surface area contributed by atoms with Gasteiger partial charge >= 0.3 is 0 Å². The van der Waals surface area contributed by atoms with Gasteiger partial charge in [0.25, 0.3) is 0 Å². The smallest absolute Gasteiger partial charge is 0.0856 e. The van der Waals surface area contributed by atoms with Gasteiger partial charge in [0.2, 0.25) is 0 Å². The first-order valence-corrected chi connectivity index (χ1v) is 5.31. The molecule has 4 heteroatoms. The van der Waals surface area contributed by atoms with Crippen LogP contribution in [-0.2, 0) is 4.74 Å². The number of hydrogen-bond donors (Lipinski definition) is 3. The Balaban J connectivity index is 3.86. The third-order valence-corrected chi connectivity index (χ3v) is 2.17. The highest BCUT2D eigenvalue weighted by Crippen LogP contribution is 2.11. The van der Waals surface area contributed by atoms with Gasteiger partial charge in [0.05, 0.1) is 31.5 Å². The van der Waals surface area contributed by atoms with Gasteiger partial charge in [-0.1, -0.05) is 6.08 Å². The maximum Gasteiger partial charge on any atom is 0.0856 e. The summed E-state index contributed by atoms with van der Waals surface area (Å²) in [6.07, 6.45) is 1.93. The van der Waals surface area contributed by atoms with Crippen molar-refractivity contribution in [2.75, 3.05) is 13.2 Å². The van der Waals surface area contributed by atoms with Crippen molar-refractivity contribution in [2.24, 2.45) is 0 Å². The van der Waals surface area contributed by atoms with Gasteiger partial charge in [-0.3, -0.25) is 0 Å². The number of allylic oxidation sites excluding steroid dienone is 1. The topological polar surface area (TPSA) is 69.9 Å². The first kappa shape index (κ1) is 14.6. The summed E-state index contributed by atoms with van der Waals surface area (Å²) in [6, 6.07) is 0. The molecule has 0 rings (SSSR count). The molecule has 0 radical (unpaired) electrons. The molecule has 90 valence electrons. The average Bonchev–Trinajstić information content (AvgIpc) is 2.20. The van der Waals surface area contributed by atoms with Crippen LogP contribution >= 0.6 is 0 Å². The van der Waals surface area contributed by atoms with E-state index in [9.17, 15) is 10.2 Å². The predicted molar refractivity (Wildman–Crippen MR) is 58.6 cm³/mol. The molecule has 0 aliphatic heterocycles. The van der Waals surface area contributed by atoms with E-state index in [1.54, 1.807) is 13.0 Å². The monoisotopic (exact) mass is 218 g/mol. The van der Waals surface area contributed by atoms with E-state index in [2.05, 4.69) is 6.58 Å². The molecule has 0 bridgehead atoms. The Kier molecular flexibility index (Phi) is 8.61. The Bertz CT molecular complexity index is 159. The van der Waals surface area contributed by atoms with Crippen molar-refractivity contribution in [1.82, 2.24) is 0 Å². The van der Waals surface area contributed by atoms with Gasteiger partial charge < -0.3 is 20.1 Å². The summed E-state index contributed by atoms with van der Waals surface area (Å²) in [7, 11) is 0. The third kappa shape index (κ3) is 7.50. The SMILES string of the molecule is C=CCCC(O)CC(OCCO)[C@@H](C)O. The summed E-state index contributed by atoms with van der Waals surface area (Å²) < 4.78 is 5.22. The Morgan fingerprint density at radius 3 is 2.53 bits per heavy atom. The van der Waals surface area contributed by atoms with Crippen LogP contribution in [0.5, 0.6) is 0 Å². The zero-order valence-corrected chi connectivity index (χ0v) is 9.30. The summed E-state index contributed by atoms with van der Waals surface area (Å²) in [5.41, 5.74) is 0. The van der Waals surface area contributed by atoms with Crippen molar-refractivity contribution >= 4 is 0 Å². The summed E-state index contributed by atoms with van der Waals surface area (Å²) >= 11 is 0. The van der Waals surface area contributed by atoms with Crippen LogP contribution in [0.4, 0.5) is 0 Å². The zero-order chi connectivity index (χ0) is 11.7. The minimum atomic E-state index is -0.644. The molecular formula is C11H22O4. The molecule has 2 unspecified atom stereocenters. The maximum absolute atomic E-state index is 9.60. The van der Waals surface area contributed by atoms with Crippen LogP contribution < -0.4 is 0 Å². The fourth-order valence-electron chi connectivity index (χ4n) is 1.30. The molecule has 0 aromatic rings. The lowest BCUT2D eigenvalue weighted by Crippen LogP contribution is -2.31. The Labute approximate surface area is 91.2 Å². The van der Waals surface area contributed by atoms with Crippen molar-refractivity contribution in [3.05, 3.63) is 12.7 Å². The van der Waals surface area contributed by atoms with Gasteiger partial charge in [-0.15, -0.1) is 6.58 Å². The zero-order valence-electron chi connectivity index (χ0n) is 9.30. The van der Waals surface area contributed by atoms with E-state index >= 15 is 0 Å². The average molecular weight is 218 g/mol. The molecule has 0 aliphatic rings. The van der Waals surface area contributed by atoms with E-state index in [0.717, 1.165) is 6.42 Å². The molecule has 0 heterocycles. The van der Waals surface area contributed by atoms with Gasteiger partial charge in [0.15, 0.2) is 0 Å². The van der Waals surface area contributed by atoms with Crippen LogP contribution in [0.25, 0.3) is 0 Å². The van der Waals surface area contributed by atoms with E-state index < -0.39 is 18.3 Å². The van der Waals surface area contributed by atoms with Crippen molar-refractivity contribution in [2.45, 2.75) is 44.5 Å². The standard InChI is InChI=1S/C11H22O4/c1-3-4-5-10(14)8-11(9(2)13)15-7-6-12/h3,9-14H,1,4-8H2,2H3/t9-,10?,11?/m1/s1. The predicted octanol–water partition coefficient (Wildman–Crippen LogP) is 0.462. The lowest BCUT2D eigenvalue weighted by atomic mass is 10.0. The van der Waals surface area contributed by atoms with Crippen LogP contribution in [0.15, 0.2) is 12.7 Å². The molecule has 0 saturated heterocycles. The lowest BCUT2D eigenvalue weighted by Gasteiger charge is -2.22. The molecule has 3 N–H and O–H groups in total. The highest BCUT2D eigenvalue weighted by atomic mass is 16.5. The summed E-state index contributed by atoms with van der Waals surface area (Å²) in [4.78, 5) is 0. The van der Waals surface area contributed by atoms with Crippen LogP contribution in [-0.4, -0.2) is 46.8 Å². The molecule has 0 aliphatic carbocycles. The van der Waals surface area contributed by atoms with Crippen LogP contribution in [0.3, 0.4) is 0 Å². The number of ether oxygens (including phenoxy) is 1. The van der Waals surface area contributed by atoms with E-state index in [-0.39, 0.29) is 13.2 Å². The van der Waals surface area contributed by atoms with Crippen LogP contribution in [0.1, 0.15) is 26.2 Å². The van der Waals surface area contributed by atoms with Gasteiger partial charge in [0.1, 0.15) is 0 Å². The molecule has 0 spiro atoms. The Hall–Kier alpha value is -0.420. The second-order valence-corrected chi connectivity index (χ2v) is 3.63. The van der Waals surface area contributed by atoms with E-state index in [4.69, 9.17) is 9.84 Å². The molecule has 15 heavy (non-hydrogen) atoms. The molecular weight excluding hydrogens is 196 g/mol. The van der Waals surface area contributed by atoms with Crippen LogP contribution in [0.2, 0.25) is 0 Å². The summed E-state index contributed by atoms with van der Waals surface area (Å²) in [5.74, 6) is 0. The molecule has 0 fully saturated rings. The number of hydrogen-bond acceptors (Lipinski definition) is 4. The van der Waals surface area contributed by atoms with Crippen molar-refractivity contribution in [3.63, 3.8) is 0 Å². The van der Waals surface area contributed by atoms with Crippen molar-refractivity contribution < 1.29 is 20.1 Å². The third-order valence-electron chi connectivity index (χ3n) is 2.17. The first-order chi connectivity index (χ1) is 7.11. The summed E-state index contributed by atoms with van der Waals surface area (Å²) in [6.45, 7) is 5.29. The number of aliphatic hydroxyl groups is 3. The Morgan fingerprint density at radius 1 is 1.40 bits per heavy atom. The summed E-state index contributed by atoms with van der Waals surface area (Å²) in [5, 5.41) is 27.6. The lowest BCUT2D eigenvalue weighted by molar-refractivity contribution is -0.0621. The minimum absolute atomic E-state index is 0.0774. The Morgan fingerprint density at radius 2 is 2.07 bits per heavy atom. The van der Waals surface area contributed by atoms with Crippen molar-refractivity contribution in [3.8, 4) is 0 Å². The fourth-order valence-corrected chi connectivity index (χ4v) is 1.30. The van der Waals surface area contributed by atoms with Gasteiger partial charge in [-0.05, 0) is 19.8 Å². The second kappa shape index (κ2) is 8.85. The molecule has 0 aromatic heterocycles. The molecule has 0 aromatic carbocycles. The van der Waals surface area contributed by atoms with Gasteiger partial charge in [-0.25, -0.2) is 0 Å². The van der Waals surface area contributed by atoms with E-state index in [1.165, 1.54) is 0 Å². The molecule has 4 nitrogen and oxygen atoms in total. The van der Waals surface area contributed by atoms with Gasteiger partial charge in [-0.2, -0.15) is 0 Å². The fraction of sp³-hybridized carbons (Fsp3) is 0.818. The second-order valence-electron chi connectivity index (χ2n) is 3.63. The highest BCUT2D eigenvalue weighted by Gasteiger charge is 2.19. The molecule has 3 atom stereocenters. The number of rotatable bonds is 9. The number of aliphatic hydroxyl groups excluding tert-OH is 3. The van der Waals surface area contributed by atoms with E-state index in [0.29, 0.717) is 12.8 Å². The first-order valence-electron chi connectivity index (χ1n) is 5.31. The molecule has 0 amide bonds. The van der Waals surface area contributed by atoms with Crippen LogP contribution in [0, 0.1) is 0 Å². The molecule has 0 saturated carbocycles. The van der Waals surface area contributed by atoms with E-state index in [1.807, 2.05) is 0 Å². The highest BCUT2D eigenvalue weighted by molar-refractivity contribution is 4.74.